The van der Waals surface area contributed by atoms with Crippen LogP contribution in [0.25, 0.3) is 5.69 Å². The van der Waals surface area contributed by atoms with Gasteiger partial charge in [-0.25, -0.2) is 4.39 Å². The van der Waals surface area contributed by atoms with Crippen LogP contribution < -0.4 is 4.74 Å². The van der Waals surface area contributed by atoms with Crippen LogP contribution in [0.4, 0.5) is 4.39 Å². The zero-order chi connectivity index (χ0) is 15.4. The van der Waals surface area contributed by atoms with Crippen molar-refractivity contribution in [3.63, 3.8) is 0 Å². The first-order valence-electron chi connectivity index (χ1n) is 6.68. The monoisotopic (exact) mass is 315 g/mol. The van der Waals surface area contributed by atoms with Crippen LogP contribution in [0.3, 0.4) is 0 Å². The summed E-state index contributed by atoms with van der Waals surface area (Å²) < 4.78 is 20.5. The fourth-order valence-corrected chi connectivity index (χ4v) is 2.91. The van der Waals surface area contributed by atoms with Crippen LogP contribution >= 0.6 is 11.8 Å². The van der Waals surface area contributed by atoms with E-state index < -0.39 is 0 Å². The van der Waals surface area contributed by atoms with Crippen molar-refractivity contribution in [2.45, 2.75) is 10.9 Å². The predicted molar refractivity (Wildman–Crippen MR) is 83.9 cm³/mol. The maximum Gasteiger partial charge on any atom is 0.195 e. The maximum atomic E-state index is 13.7. The smallest absolute Gasteiger partial charge is 0.195 e. The summed E-state index contributed by atoms with van der Waals surface area (Å²) in [5.41, 5.74) is 1.86. The number of rotatable bonds is 5. The van der Waals surface area contributed by atoms with E-state index in [2.05, 4.69) is 10.2 Å². The average Bonchev–Trinajstić information content (AvgIpc) is 3.02. The molecule has 0 unspecified atom stereocenters. The molecule has 0 radical (unpaired) electrons. The van der Waals surface area contributed by atoms with Crippen molar-refractivity contribution in [3.8, 4) is 11.4 Å². The van der Waals surface area contributed by atoms with E-state index in [1.165, 1.54) is 24.9 Å². The fourth-order valence-electron chi connectivity index (χ4n) is 2.04. The number of para-hydroxylation sites is 1. The third-order valence-electron chi connectivity index (χ3n) is 3.13. The minimum atomic E-state index is -0.356. The summed E-state index contributed by atoms with van der Waals surface area (Å²) in [5, 5.41) is 8.84. The van der Waals surface area contributed by atoms with Gasteiger partial charge in [-0.15, -0.1) is 10.2 Å². The number of halogens is 1. The average molecular weight is 315 g/mol. The highest BCUT2D eigenvalue weighted by Gasteiger charge is 2.09. The van der Waals surface area contributed by atoms with Gasteiger partial charge in [0.25, 0.3) is 0 Å². The van der Waals surface area contributed by atoms with Crippen LogP contribution in [-0.2, 0) is 5.75 Å². The zero-order valence-corrected chi connectivity index (χ0v) is 12.8. The normalized spacial score (nSPS) is 10.6. The molecule has 0 bridgehead atoms. The second kappa shape index (κ2) is 6.62. The Morgan fingerprint density at radius 1 is 1.18 bits per heavy atom. The van der Waals surface area contributed by atoms with Crippen LogP contribution in [0.2, 0.25) is 0 Å². The van der Waals surface area contributed by atoms with Crippen molar-refractivity contribution in [1.82, 2.24) is 14.8 Å². The van der Waals surface area contributed by atoms with Crippen LogP contribution in [0.1, 0.15) is 5.56 Å². The summed E-state index contributed by atoms with van der Waals surface area (Å²) in [6.07, 6.45) is 1.67. The fraction of sp³-hybridized carbons (Fsp3) is 0.125. The van der Waals surface area contributed by atoms with E-state index in [1.54, 1.807) is 12.4 Å². The molecule has 22 heavy (non-hydrogen) atoms. The zero-order valence-electron chi connectivity index (χ0n) is 11.9. The van der Waals surface area contributed by atoms with E-state index in [1.807, 2.05) is 41.0 Å². The minimum Gasteiger partial charge on any atom is -0.494 e. The van der Waals surface area contributed by atoms with Crippen LogP contribution in [0, 0.1) is 5.82 Å². The van der Waals surface area contributed by atoms with Crippen molar-refractivity contribution in [3.05, 3.63) is 66.2 Å². The second-order valence-electron chi connectivity index (χ2n) is 4.58. The molecule has 112 valence electrons. The highest BCUT2D eigenvalue weighted by atomic mass is 32.2. The molecule has 0 saturated carbocycles. The van der Waals surface area contributed by atoms with Gasteiger partial charge in [-0.05, 0) is 29.8 Å². The van der Waals surface area contributed by atoms with Gasteiger partial charge >= 0.3 is 0 Å². The van der Waals surface area contributed by atoms with Crippen molar-refractivity contribution in [1.29, 1.82) is 0 Å². The number of methoxy groups -OCH3 is 1. The Morgan fingerprint density at radius 3 is 2.73 bits per heavy atom. The number of benzene rings is 2. The molecule has 0 aliphatic heterocycles. The Hall–Kier alpha value is -2.34. The molecule has 0 saturated heterocycles. The summed E-state index contributed by atoms with van der Waals surface area (Å²) in [6.45, 7) is 0. The number of ether oxygens (including phenoxy) is 1. The molecule has 1 heterocycles. The van der Waals surface area contributed by atoms with E-state index in [-0.39, 0.29) is 11.6 Å². The van der Waals surface area contributed by atoms with E-state index in [0.29, 0.717) is 5.75 Å². The number of hydrogen-bond donors (Lipinski definition) is 0. The van der Waals surface area contributed by atoms with E-state index in [0.717, 1.165) is 16.4 Å². The second-order valence-corrected chi connectivity index (χ2v) is 5.52. The molecular formula is C16H14FN3OS. The molecule has 4 nitrogen and oxygen atoms in total. The summed E-state index contributed by atoms with van der Waals surface area (Å²) >= 11 is 1.51. The Morgan fingerprint density at radius 2 is 2.00 bits per heavy atom. The molecule has 3 rings (SSSR count). The molecule has 6 heteroatoms. The SMILES string of the molecule is COc1ccc(CSc2nncn2-c2ccccc2)cc1F. The number of thioether (sulfide) groups is 1. The summed E-state index contributed by atoms with van der Waals surface area (Å²) in [5.74, 6) is 0.498. The van der Waals surface area contributed by atoms with Gasteiger partial charge in [-0.2, -0.15) is 0 Å². The lowest BCUT2D eigenvalue weighted by atomic mass is 10.2. The van der Waals surface area contributed by atoms with Crippen molar-refractivity contribution >= 4 is 11.8 Å². The lowest BCUT2D eigenvalue weighted by molar-refractivity contribution is 0.386. The minimum absolute atomic E-state index is 0.251. The number of hydrogen-bond acceptors (Lipinski definition) is 4. The van der Waals surface area contributed by atoms with Gasteiger partial charge < -0.3 is 4.74 Å². The topological polar surface area (TPSA) is 39.9 Å². The first-order valence-corrected chi connectivity index (χ1v) is 7.67. The molecule has 3 aromatic rings. The Bertz CT molecular complexity index is 761. The highest BCUT2D eigenvalue weighted by molar-refractivity contribution is 7.98. The van der Waals surface area contributed by atoms with E-state index >= 15 is 0 Å². The summed E-state index contributed by atoms with van der Waals surface area (Å²) in [7, 11) is 1.45. The van der Waals surface area contributed by atoms with Crippen molar-refractivity contribution in [2.75, 3.05) is 7.11 Å². The lowest BCUT2D eigenvalue weighted by Crippen LogP contribution is -1.95. The molecule has 2 aromatic carbocycles. The molecular weight excluding hydrogens is 301 g/mol. The third-order valence-corrected chi connectivity index (χ3v) is 4.15. The Balaban J connectivity index is 1.75. The standard InChI is InChI=1S/C16H14FN3OS/c1-21-15-8-7-12(9-14(15)17)10-22-16-19-18-11-20(16)13-5-3-2-4-6-13/h2-9,11H,10H2,1H3. The first kappa shape index (κ1) is 14.6. The molecule has 0 spiro atoms. The van der Waals surface area contributed by atoms with Gasteiger partial charge in [0.1, 0.15) is 6.33 Å². The van der Waals surface area contributed by atoms with E-state index in [4.69, 9.17) is 4.74 Å². The van der Waals surface area contributed by atoms with Gasteiger partial charge in [0.2, 0.25) is 0 Å². The number of aromatic nitrogens is 3. The van der Waals surface area contributed by atoms with Crippen molar-refractivity contribution < 1.29 is 9.13 Å². The lowest BCUT2D eigenvalue weighted by Gasteiger charge is -2.07. The molecule has 1 aromatic heterocycles. The molecule has 0 aliphatic carbocycles. The molecule has 0 aliphatic rings. The van der Waals surface area contributed by atoms with Crippen LogP contribution in [0.5, 0.6) is 5.75 Å². The van der Waals surface area contributed by atoms with Crippen LogP contribution in [0.15, 0.2) is 60.0 Å². The van der Waals surface area contributed by atoms with Gasteiger partial charge in [-0.1, -0.05) is 36.0 Å². The summed E-state index contributed by atoms with van der Waals surface area (Å²) in [4.78, 5) is 0. The van der Waals surface area contributed by atoms with Gasteiger partial charge in [0.15, 0.2) is 16.7 Å². The highest BCUT2D eigenvalue weighted by Crippen LogP contribution is 2.25. The van der Waals surface area contributed by atoms with E-state index in [9.17, 15) is 4.39 Å². The van der Waals surface area contributed by atoms with Gasteiger partial charge in [0, 0.05) is 11.4 Å². The maximum absolute atomic E-state index is 13.7. The largest absolute Gasteiger partial charge is 0.494 e. The first-order chi connectivity index (χ1) is 10.8. The third kappa shape index (κ3) is 3.12. The van der Waals surface area contributed by atoms with Crippen molar-refractivity contribution in [2.24, 2.45) is 0 Å². The summed E-state index contributed by atoms with van der Waals surface area (Å²) in [6, 6.07) is 14.8. The van der Waals surface area contributed by atoms with Crippen LogP contribution in [-0.4, -0.2) is 21.9 Å². The Kier molecular flexibility index (Phi) is 4.39. The van der Waals surface area contributed by atoms with Gasteiger partial charge in [0.05, 0.1) is 7.11 Å². The molecule has 0 atom stereocenters. The molecule has 0 amide bonds. The quantitative estimate of drug-likeness (QED) is 0.673. The van der Waals surface area contributed by atoms with Gasteiger partial charge in [-0.3, -0.25) is 4.57 Å². The molecule has 0 fully saturated rings. The molecule has 0 N–H and O–H groups in total. The predicted octanol–water partition coefficient (Wildman–Crippen LogP) is 3.71. The number of nitrogens with zero attached hydrogens (tertiary/aromatic N) is 3. The Labute approximate surface area is 132 Å².